The lowest BCUT2D eigenvalue weighted by Gasteiger charge is -2.22. The zero-order valence-electron chi connectivity index (χ0n) is 14.1. The van der Waals surface area contributed by atoms with Crippen LogP contribution in [0.1, 0.15) is 17.7 Å². The first kappa shape index (κ1) is 16.6. The third-order valence-corrected chi connectivity index (χ3v) is 4.27. The lowest BCUT2D eigenvalue weighted by molar-refractivity contribution is 0.197. The molecule has 1 aliphatic heterocycles. The van der Waals surface area contributed by atoms with Gasteiger partial charge in [-0.05, 0) is 18.6 Å². The zero-order valence-corrected chi connectivity index (χ0v) is 14.1. The van der Waals surface area contributed by atoms with Crippen LogP contribution < -0.4 is 5.32 Å². The van der Waals surface area contributed by atoms with E-state index in [1.165, 1.54) is 5.56 Å². The summed E-state index contributed by atoms with van der Waals surface area (Å²) in [6, 6.07) is 3.81. The molecule has 1 saturated heterocycles. The fraction of sp³-hybridized carbons (Fsp3) is 0.529. The number of urea groups is 1. The lowest BCUT2D eigenvalue weighted by atomic mass is 10.3. The van der Waals surface area contributed by atoms with E-state index >= 15 is 0 Å². The number of carbonyl (C=O) groups excluding carboxylic acids is 1. The van der Waals surface area contributed by atoms with E-state index in [0.29, 0.717) is 6.54 Å². The van der Waals surface area contributed by atoms with E-state index in [2.05, 4.69) is 15.3 Å². The van der Waals surface area contributed by atoms with Crippen LogP contribution in [0, 0.1) is 0 Å². The summed E-state index contributed by atoms with van der Waals surface area (Å²) in [6.45, 7) is 4.94. The van der Waals surface area contributed by atoms with Crippen LogP contribution in [0.2, 0.25) is 0 Å². The highest BCUT2D eigenvalue weighted by Crippen LogP contribution is 2.08. The fourth-order valence-corrected chi connectivity index (χ4v) is 3.00. The summed E-state index contributed by atoms with van der Waals surface area (Å²) in [7, 11) is 1.93. The number of rotatable bonds is 5. The van der Waals surface area contributed by atoms with Gasteiger partial charge in [-0.25, -0.2) is 4.79 Å². The molecule has 2 amide bonds. The molecule has 1 N–H and O–H groups in total. The smallest absolute Gasteiger partial charge is 0.317 e. The van der Waals surface area contributed by atoms with Gasteiger partial charge >= 0.3 is 6.03 Å². The molecule has 0 spiro atoms. The van der Waals surface area contributed by atoms with Gasteiger partial charge in [-0.2, -0.15) is 5.10 Å². The average molecular weight is 331 g/mol. The number of nitrogens with one attached hydrogen (secondary N) is 1. The summed E-state index contributed by atoms with van der Waals surface area (Å²) in [5.41, 5.74) is 1.22. The van der Waals surface area contributed by atoms with Crippen molar-refractivity contribution in [3.05, 3.63) is 42.1 Å². The number of hydrogen-bond donors (Lipinski definition) is 1. The molecule has 7 nitrogen and oxygen atoms in total. The van der Waals surface area contributed by atoms with Crippen molar-refractivity contribution >= 4 is 6.03 Å². The van der Waals surface area contributed by atoms with E-state index in [0.717, 1.165) is 51.3 Å². The summed E-state index contributed by atoms with van der Waals surface area (Å²) in [5, 5.41) is 7.19. The van der Waals surface area contributed by atoms with Crippen molar-refractivity contribution in [2.24, 2.45) is 7.05 Å². The normalized spacial score (nSPS) is 16.1. The Hall–Kier alpha value is -2.28. The number of aromatic nitrogens is 2. The van der Waals surface area contributed by atoms with E-state index in [1.54, 1.807) is 6.26 Å². The predicted octanol–water partition coefficient (Wildman–Crippen LogP) is 1.47. The first-order valence-electron chi connectivity index (χ1n) is 8.46. The molecule has 3 heterocycles. The fourth-order valence-electron chi connectivity index (χ4n) is 3.00. The molecule has 2 aromatic rings. The van der Waals surface area contributed by atoms with Crippen LogP contribution in [0.5, 0.6) is 0 Å². The van der Waals surface area contributed by atoms with E-state index < -0.39 is 0 Å². The maximum absolute atomic E-state index is 12.3. The molecule has 0 aliphatic carbocycles. The molecule has 130 valence electrons. The van der Waals surface area contributed by atoms with Crippen LogP contribution in [0.25, 0.3) is 0 Å². The molecule has 2 aromatic heterocycles. The average Bonchev–Trinajstić information content (AvgIpc) is 3.15. The van der Waals surface area contributed by atoms with Crippen LogP contribution in [-0.2, 0) is 20.0 Å². The minimum absolute atomic E-state index is 0.0183. The van der Waals surface area contributed by atoms with Crippen molar-refractivity contribution in [1.29, 1.82) is 0 Å². The van der Waals surface area contributed by atoms with Crippen molar-refractivity contribution in [1.82, 2.24) is 24.9 Å². The number of amides is 2. The van der Waals surface area contributed by atoms with Crippen LogP contribution in [0.3, 0.4) is 0 Å². The highest BCUT2D eigenvalue weighted by Gasteiger charge is 2.19. The molecule has 1 aliphatic rings. The maximum atomic E-state index is 12.3. The Morgan fingerprint density at radius 2 is 2.25 bits per heavy atom. The highest BCUT2D eigenvalue weighted by molar-refractivity contribution is 5.74. The molecule has 0 radical (unpaired) electrons. The second kappa shape index (κ2) is 8.01. The SMILES string of the molecule is Cn1cc(CN2CCCN(C(=O)NCCc3ccco3)CC2)cn1. The first-order valence-corrected chi connectivity index (χ1v) is 8.46. The monoisotopic (exact) mass is 331 g/mol. The van der Waals surface area contributed by atoms with Gasteiger partial charge in [0.1, 0.15) is 5.76 Å². The van der Waals surface area contributed by atoms with E-state index in [9.17, 15) is 4.79 Å². The van der Waals surface area contributed by atoms with Crippen molar-refractivity contribution in [2.45, 2.75) is 19.4 Å². The van der Waals surface area contributed by atoms with Gasteiger partial charge < -0.3 is 14.6 Å². The Balaban J connectivity index is 1.41. The van der Waals surface area contributed by atoms with Gasteiger partial charge in [0.2, 0.25) is 0 Å². The molecule has 1 fully saturated rings. The quantitative estimate of drug-likeness (QED) is 0.901. The van der Waals surface area contributed by atoms with Gasteiger partial charge in [0, 0.05) is 64.5 Å². The van der Waals surface area contributed by atoms with Gasteiger partial charge in [-0.3, -0.25) is 9.58 Å². The molecule has 0 saturated carbocycles. The Morgan fingerprint density at radius 1 is 1.33 bits per heavy atom. The van der Waals surface area contributed by atoms with Gasteiger partial charge in [0.15, 0.2) is 0 Å². The maximum Gasteiger partial charge on any atom is 0.317 e. The molecular formula is C17H25N5O2. The van der Waals surface area contributed by atoms with Crippen molar-refractivity contribution < 1.29 is 9.21 Å². The number of carbonyl (C=O) groups is 1. The minimum atomic E-state index is 0.0183. The largest absolute Gasteiger partial charge is 0.469 e. The number of furan rings is 1. The Morgan fingerprint density at radius 3 is 3.00 bits per heavy atom. The number of nitrogens with zero attached hydrogens (tertiary/aromatic N) is 4. The lowest BCUT2D eigenvalue weighted by Crippen LogP contribution is -2.42. The molecule has 7 heteroatoms. The van der Waals surface area contributed by atoms with Gasteiger partial charge in [0.25, 0.3) is 0 Å². The standard InChI is InChI=1S/C17H25N5O2/c1-20-13-15(12-19-20)14-21-7-3-8-22(10-9-21)17(23)18-6-5-16-4-2-11-24-16/h2,4,11-13H,3,5-10,14H2,1H3,(H,18,23). The Bertz CT molecular complexity index is 637. The number of aryl methyl sites for hydroxylation is 1. The van der Waals surface area contributed by atoms with Crippen LogP contribution in [0.15, 0.2) is 35.2 Å². The molecule has 0 aromatic carbocycles. The first-order chi connectivity index (χ1) is 11.7. The zero-order chi connectivity index (χ0) is 16.8. The third kappa shape index (κ3) is 4.61. The van der Waals surface area contributed by atoms with Gasteiger partial charge in [0.05, 0.1) is 12.5 Å². The van der Waals surface area contributed by atoms with E-state index in [1.807, 2.05) is 41.2 Å². The molecule has 0 bridgehead atoms. The summed E-state index contributed by atoms with van der Waals surface area (Å²) >= 11 is 0. The second-order valence-corrected chi connectivity index (χ2v) is 6.20. The van der Waals surface area contributed by atoms with Crippen LogP contribution in [-0.4, -0.2) is 58.3 Å². The number of hydrogen-bond acceptors (Lipinski definition) is 4. The van der Waals surface area contributed by atoms with Gasteiger partial charge in [-0.15, -0.1) is 0 Å². The van der Waals surface area contributed by atoms with Crippen molar-refractivity contribution in [3.8, 4) is 0 Å². The molecule has 0 unspecified atom stereocenters. The van der Waals surface area contributed by atoms with Crippen molar-refractivity contribution in [3.63, 3.8) is 0 Å². The van der Waals surface area contributed by atoms with E-state index in [-0.39, 0.29) is 6.03 Å². The molecule has 0 atom stereocenters. The van der Waals surface area contributed by atoms with Crippen LogP contribution in [0.4, 0.5) is 4.79 Å². The highest BCUT2D eigenvalue weighted by atomic mass is 16.3. The summed E-state index contributed by atoms with van der Waals surface area (Å²) in [6.07, 6.45) is 7.32. The third-order valence-electron chi connectivity index (χ3n) is 4.27. The minimum Gasteiger partial charge on any atom is -0.469 e. The summed E-state index contributed by atoms with van der Waals surface area (Å²) < 4.78 is 7.10. The second-order valence-electron chi connectivity index (χ2n) is 6.20. The molecule has 24 heavy (non-hydrogen) atoms. The molecule has 3 rings (SSSR count). The summed E-state index contributed by atoms with van der Waals surface area (Å²) in [4.78, 5) is 16.6. The Labute approximate surface area is 142 Å². The predicted molar refractivity (Wildman–Crippen MR) is 90.5 cm³/mol. The van der Waals surface area contributed by atoms with E-state index in [4.69, 9.17) is 4.42 Å². The molecular weight excluding hydrogens is 306 g/mol. The van der Waals surface area contributed by atoms with Crippen LogP contribution >= 0.6 is 0 Å². The Kier molecular flexibility index (Phi) is 5.53. The topological polar surface area (TPSA) is 66.5 Å². The summed E-state index contributed by atoms with van der Waals surface area (Å²) in [5.74, 6) is 0.897. The van der Waals surface area contributed by atoms with Gasteiger partial charge in [-0.1, -0.05) is 0 Å². The van der Waals surface area contributed by atoms with Crippen molar-refractivity contribution in [2.75, 3.05) is 32.7 Å².